The highest BCUT2D eigenvalue weighted by Crippen LogP contribution is 2.25. The van der Waals surface area contributed by atoms with Crippen LogP contribution in [0.2, 0.25) is 0 Å². The van der Waals surface area contributed by atoms with Crippen LogP contribution in [0.25, 0.3) is 6.08 Å². The summed E-state index contributed by atoms with van der Waals surface area (Å²) in [6.07, 6.45) is 3.65. The molecule has 5 heteroatoms. The van der Waals surface area contributed by atoms with Gasteiger partial charge in [-0.15, -0.1) is 0 Å². The van der Waals surface area contributed by atoms with E-state index >= 15 is 0 Å². The molecule has 5 nitrogen and oxygen atoms in total. The van der Waals surface area contributed by atoms with Crippen molar-refractivity contribution >= 4 is 12.0 Å². The fourth-order valence-electron chi connectivity index (χ4n) is 1.19. The molecule has 0 aliphatic carbocycles. The molecule has 0 unspecified atom stereocenters. The van der Waals surface area contributed by atoms with E-state index in [4.69, 9.17) is 10.8 Å². The summed E-state index contributed by atoms with van der Waals surface area (Å²) in [6.45, 7) is 1.08. The highest BCUT2D eigenvalue weighted by Gasteiger charge is 1.99. The van der Waals surface area contributed by atoms with Gasteiger partial charge in [-0.25, -0.2) is 0 Å². The number of benzene rings is 1. The van der Waals surface area contributed by atoms with Crippen molar-refractivity contribution in [3.8, 4) is 11.5 Å². The Kier molecular flexibility index (Phi) is 5.03. The van der Waals surface area contributed by atoms with Gasteiger partial charge in [0.05, 0.1) is 0 Å². The van der Waals surface area contributed by atoms with E-state index in [1.807, 2.05) is 0 Å². The number of carbonyl (C=O) groups excluding carboxylic acids is 1. The molecule has 5 N–H and O–H groups in total. The predicted molar refractivity (Wildman–Crippen MR) is 65.5 cm³/mol. The van der Waals surface area contributed by atoms with Gasteiger partial charge in [-0.05, 0) is 36.7 Å². The van der Waals surface area contributed by atoms with Gasteiger partial charge in [0.1, 0.15) is 0 Å². The van der Waals surface area contributed by atoms with E-state index in [1.165, 1.54) is 18.2 Å². The van der Waals surface area contributed by atoms with Gasteiger partial charge < -0.3 is 21.3 Å². The van der Waals surface area contributed by atoms with E-state index in [1.54, 1.807) is 12.1 Å². The summed E-state index contributed by atoms with van der Waals surface area (Å²) in [6, 6.07) is 4.33. The molecule has 1 aromatic carbocycles. The number of aromatic hydroxyl groups is 2. The molecule has 0 fully saturated rings. The Morgan fingerprint density at radius 1 is 1.35 bits per heavy atom. The van der Waals surface area contributed by atoms with Crippen molar-refractivity contribution in [1.82, 2.24) is 5.32 Å². The van der Waals surface area contributed by atoms with Crippen LogP contribution in [0.15, 0.2) is 24.3 Å². The largest absolute Gasteiger partial charge is 0.504 e. The fourth-order valence-corrected chi connectivity index (χ4v) is 1.19. The van der Waals surface area contributed by atoms with Crippen molar-refractivity contribution in [2.75, 3.05) is 13.1 Å². The molecule has 0 aromatic heterocycles. The Balaban J connectivity index is 2.52. The lowest BCUT2D eigenvalue weighted by molar-refractivity contribution is -0.116. The van der Waals surface area contributed by atoms with Gasteiger partial charge in [0.25, 0.3) is 0 Å². The van der Waals surface area contributed by atoms with Crippen molar-refractivity contribution in [3.05, 3.63) is 29.8 Å². The average molecular weight is 236 g/mol. The molecule has 0 radical (unpaired) electrons. The van der Waals surface area contributed by atoms with Crippen molar-refractivity contribution in [3.63, 3.8) is 0 Å². The SMILES string of the molecule is NCCCNC(=O)/C=C/c1ccc(O)c(O)c1. The number of phenolic OH excluding ortho intramolecular Hbond substituents is 2. The van der Waals surface area contributed by atoms with Gasteiger partial charge in [0.2, 0.25) is 5.91 Å². The van der Waals surface area contributed by atoms with Gasteiger partial charge in [-0.3, -0.25) is 4.79 Å². The molecule has 0 spiro atoms. The Morgan fingerprint density at radius 3 is 2.76 bits per heavy atom. The highest BCUT2D eigenvalue weighted by molar-refractivity contribution is 5.91. The standard InChI is InChI=1S/C12H16N2O3/c13-6-1-7-14-12(17)5-3-9-2-4-10(15)11(16)8-9/h2-5,8,15-16H,1,6-7,13H2,(H,14,17)/b5-3+. The van der Waals surface area contributed by atoms with Crippen LogP contribution in [0.3, 0.4) is 0 Å². The molecule has 0 heterocycles. The maximum Gasteiger partial charge on any atom is 0.243 e. The number of hydrogen-bond acceptors (Lipinski definition) is 4. The summed E-state index contributed by atoms with van der Waals surface area (Å²) in [5, 5.41) is 21.0. The van der Waals surface area contributed by atoms with E-state index in [0.717, 1.165) is 6.42 Å². The second-order valence-corrected chi connectivity index (χ2v) is 3.51. The highest BCUT2D eigenvalue weighted by atomic mass is 16.3. The molecule has 0 aliphatic heterocycles. The lowest BCUT2D eigenvalue weighted by Gasteiger charge is -2.00. The number of phenols is 2. The summed E-state index contributed by atoms with van der Waals surface area (Å²) < 4.78 is 0. The minimum absolute atomic E-state index is 0.186. The number of carbonyl (C=O) groups is 1. The summed E-state index contributed by atoms with van der Waals surface area (Å²) in [4.78, 5) is 11.3. The molecule has 0 bridgehead atoms. The first-order valence-electron chi connectivity index (χ1n) is 5.31. The third-order valence-electron chi connectivity index (χ3n) is 2.11. The summed E-state index contributed by atoms with van der Waals surface area (Å²) in [7, 11) is 0. The first kappa shape index (κ1) is 13.1. The quantitative estimate of drug-likeness (QED) is 0.341. The Hall–Kier alpha value is -2.01. The summed E-state index contributed by atoms with van der Waals surface area (Å²) >= 11 is 0. The van der Waals surface area contributed by atoms with Crippen molar-refractivity contribution in [1.29, 1.82) is 0 Å². The zero-order valence-electron chi connectivity index (χ0n) is 9.39. The molecule has 92 valence electrons. The van der Waals surface area contributed by atoms with Crippen molar-refractivity contribution in [2.24, 2.45) is 5.73 Å². The Bertz CT molecular complexity index is 416. The Labute approximate surface area is 99.6 Å². The van der Waals surface area contributed by atoms with Crippen LogP contribution in [0.1, 0.15) is 12.0 Å². The molecule has 1 rings (SSSR count). The fraction of sp³-hybridized carbons (Fsp3) is 0.250. The molecule has 0 aliphatic rings. The maximum absolute atomic E-state index is 11.3. The molecular weight excluding hydrogens is 220 g/mol. The zero-order valence-corrected chi connectivity index (χ0v) is 9.39. The first-order valence-corrected chi connectivity index (χ1v) is 5.31. The van der Waals surface area contributed by atoms with E-state index in [9.17, 15) is 9.90 Å². The predicted octanol–water partition coefficient (Wildman–Crippen LogP) is 0.576. The smallest absolute Gasteiger partial charge is 0.243 e. The zero-order chi connectivity index (χ0) is 12.7. The third-order valence-corrected chi connectivity index (χ3v) is 2.11. The maximum atomic E-state index is 11.3. The van der Waals surface area contributed by atoms with Crippen molar-refractivity contribution < 1.29 is 15.0 Å². The van der Waals surface area contributed by atoms with Crippen LogP contribution in [0.5, 0.6) is 11.5 Å². The molecule has 0 saturated heterocycles. The van der Waals surface area contributed by atoms with Gasteiger partial charge in [-0.2, -0.15) is 0 Å². The minimum Gasteiger partial charge on any atom is -0.504 e. The Morgan fingerprint density at radius 2 is 2.12 bits per heavy atom. The molecule has 1 amide bonds. The molecular formula is C12H16N2O3. The van der Waals surface area contributed by atoms with Crippen LogP contribution in [-0.2, 0) is 4.79 Å². The third kappa shape index (κ3) is 4.56. The van der Waals surface area contributed by atoms with E-state index in [2.05, 4.69) is 5.32 Å². The normalized spacial score (nSPS) is 10.6. The number of rotatable bonds is 5. The lowest BCUT2D eigenvalue weighted by atomic mass is 10.2. The van der Waals surface area contributed by atoms with Gasteiger partial charge in [0.15, 0.2) is 11.5 Å². The molecule has 17 heavy (non-hydrogen) atoms. The van der Waals surface area contributed by atoms with Gasteiger partial charge >= 0.3 is 0 Å². The van der Waals surface area contributed by atoms with E-state index in [-0.39, 0.29) is 17.4 Å². The number of nitrogens with one attached hydrogen (secondary N) is 1. The van der Waals surface area contributed by atoms with Crippen LogP contribution < -0.4 is 11.1 Å². The van der Waals surface area contributed by atoms with Crippen LogP contribution >= 0.6 is 0 Å². The van der Waals surface area contributed by atoms with Crippen molar-refractivity contribution in [2.45, 2.75) is 6.42 Å². The summed E-state index contributed by atoms with van der Waals surface area (Å²) in [5.74, 6) is -0.615. The monoisotopic (exact) mass is 236 g/mol. The summed E-state index contributed by atoms with van der Waals surface area (Å²) in [5.41, 5.74) is 5.92. The van der Waals surface area contributed by atoms with E-state index < -0.39 is 0 Å². The minimum atomic E-state index is -0.217. The molecule has 0 saturated carbocycles. The number of hydrogen-bond donors (Lipinski definition) is 4. The van der Waals surface area contributed by atoms with Gasteiger partial charge in [0, 0.05) is 12.6 Å². The number of amides is 1. The second-order valence-electron chi connectivity index (χ2n) is 3.51. The van der Waals surface area contributed by atoms with Crippen LogP contribution in [-0.4, -0.2) is 29.2 Å². The second kappa shape index (κ2) is 6.55. The first-order chi connectivity index (χ1) is 8.13. The topological polar surface area (TPSA) is 95.6 Å². The molecule has 0 atom stereocenters. The molecule has 1 aromatic rings. The average Bonchev–Trinajstić information content (AvgIpc) is 2.31. The van der Waals surface area contributed by atoms with E-state index in [0.29, 0.717) is 18.7 Å². The van der Waals surface area contributed by atoms with Crippen LogP contribution in [0, 0.1) is 0 Å². The van der Waals surface area contributed by atoms with Gasteiger partial charge in [-0.1, -0.05) is 6.07 Å². The lowest BCUT2D eigenvalue weighted by Crippen LogP contribution is -2.23. The number of nitrogens with two attached hydrogens (primary N) is 1. The van der Waals surface area contributed by atoms with Crippen LogP contribution in [0.4, 0.5) is 0 Å².